The zero-order chi connectivity index (χ0) is 17.3. The summed E-state index contributed by atoms with van der Waals surface area (Å²) in [5, 5.41) is 33.9. The average molecular weight is 332 g/mol. The molecule has 2 aliphatic heterocycles. The molecule has 1 saturated carbocycles. The Labute approximate surface area is 143 Å². The van der Waals surface area contributed by atoms with Crippen LogP contribution in [0.4, 0.5) is 0 Å². The second kappa shape index (κ2) is 4.01. The molecular formula is C20H28O4. The molecule has 5 rings (SSSR count). The quantitative estimate of drug-likeness (QED) is 0.593. The number of aliphatic hydroxyl groups excluding tert-OH is 2. The molecule has 0 unspecified atom stereocenters. The number of hydrogen-bond donors (Lipinski definition) is 3. The fourth-order valence-corrected chi connectivity index (χ4v) is 7.09. The molecule has 3 aliphatic carbocycles. The summed E-state index contributed by atoms with van der Waals surface area (Å²) in [5.74, 6) is 0.122. The average Bonchev–Trinajstić information content (AvgIpc) is 2.96. The lowest BCUT2D eigenvalue weighted by atomic mass is 9.39. The Morgan fingerprint density at radius 3 is 2.62 bits per heavy atom. The van der Waals surface area contributed by atoms with Gasteiger partial charge in [-0.15, -0.1) is 0 Å². The minimum absolute atomic E-state index is 0.0361. The molecular weight excluding hydrogens is 304 g/mol. The van der Waals surface area contributed by atoms with Crippen LogP contribution in [0.5, 0.6) is 0 Å². The van der Waals surface area contributed by atoms with Crippen molar-refractivity contribution in [2.24, 2.45) is 22.7 Å². The summed E-state index contributed by atoms with van der Waals surface area (Å²) >= 11 is 0. The van der Waals surface area contributed by atoms with Crippen LogP contribution in [-0.4, -0.2) is 44.8 Å². The molecule has 2 saturated heterocycles. The van der Waals surface area contributed by atoms with Crippen molar-refractivity contribution < 1.29 is 20.1 Å². The Morgan fingerprint density at radius 2 is 1.92 bits per heavy atom. The number of rotatable bonds is 0. The van der Waals surface area contributed by atoms with Crippen molar-refractivity contribution in [3.8, 4) is 0 Å². The molecule has 3 fully saturated rings. The maximum atomic E-state index is 12.0. The summed E-state index contributed by atoms with van der Waals surface area (Å²) in [6, 6.07) is 0. The molecule has 24 heavy (non-hydrogen) atoms. The molecule has 0 aromatic rings. The van der Waals surface area contributed by atoms with Crippen LogP contribution in [0.2, 0.25) is 0 Å². The van der Waals surface area contributed by atoms with Crippen molar-refractivity contribution in [3.05, 3.63) is 23.3 Å². The van der Waals surface area contributed by atoms with Crippen LogP contribution in [0.25, 0.3) is 0 Å². The summed E-state index contributed by atoms with van der Waals surface area (Å²) in [6.07, 6.45) is 5.00. The van der Waals surface area contributed by atoms with Crippen molar-refractivity contribution in [1.29, 1.82) is 0 Å². The first-order valence-electron chi connectivity index (χ1n) is 9.30. The van der Waals surface area contributed by atoms with Gasteiger partial charge in [-0.25, -0.2) is 0 Å². The van der Waals surface area contributed by atoms with Gasteiger partial charge in [0.25, 0.3) is 0 Å². The predicted molar refractivity (Wildman–Crippen MR) is 89.1 cm³/mol. The van der Waals surface area contributed by atoms with E-state index >= 15 is 0 Å². The van der Waals surface area contributed by atoms with E-state index in [2.05, 4.69) is 19.9 Å². The molecule has 0 aromatic carbocycles. The van der Waals surface area contributed by atoms with Gasteiger partial charge in [-0.2, -0.15) is 0 Å². The largest absolute Gasteiger partial charge is 0.389 e. The molecule has 132 valence electrons. The van der Waals surface area contributed by atoms with E-state index < -0.39 is 28.8 Å². The van der Waals surface area contributed by atoms with Crippen LogP contribution >= 0.6 is 0 Å². The molecule has 3 N–H and O–H groups in total. The molecule has 9 atom stereocenters. The normalized spacial score (nSPS) is 63.7. The van der Waals surface area contributed by atoms with Gasteiger partial charge >= 0.3 is 0 Å². The van der Waals surface area contributed by atoms with Crippen LogP contribution in [0.15, 0.2) is 23.3 Å². The topological polar surface area (TPSA) is 69.9 Å². The lowest BCUT2D eigenvalue weighted by molar-refractivity contribution is -0.204. The van der Waals surface area contributed by atoms with Gasteiger partial charge in [0.1, 0.15) is 17.3 Å². The third kappa shape index (κ3) is 1.21. The summed E-state index contributed by atoms with van der Waals surface area (Å²) in [5.41, 5.74) is -0.843. The van der Waals surface area contributed by atoms with E-state index in [1.807, 2.05) is 19.9 Å². The standard InChI is InChI=1S/C20H28O4/c1-10-5-6-13-17(3)7-8-18(4)11(2)12(21)9-14-19(13,15(10)22)24-16(17)20(14,18)23/h5,9,11-13,15-16,21-23H,6-8H2,1-4H3/t11-,12+,13-,15+,16+,17-,18+,19-,20-/m1/s1. The van der Waals surface area contributed by atoms with Gasteiger partial charge in [0.15, 0.2) is 0 Å². The highest BCUT2D eigenvalue weighted by Crippen LogP contribution is 2.77. The van der Waals surface area contributed by atoms with Gasteiger partial charge in [0.2, 0.25) is 0 Å². The molecule has 2 heterocycles. The van der Waals surface area contributed by atoms with E-state index in [1.165, 1.54) is 0 Å². The zero-order valence-electron chi connectivity index (χ0n) is 14.9. The Balaban J connectivity index is 1.84. The smallest absolute Gasteiger partial charge is 0.126 e. The van der Waals surface area contributed by atoms with Crippen molar-refractivity contribution >= 4 is 0 Å². The van der Waals surface area contributed by atoms with E-state index in [0.717, 1.165) is 30.4 Å². The van der Waals surface area contributed by atoms with Gasteiger partial charge in [0.05, 0.1) is 12.2 Å². The minimum Gasteiger partial charge on any atom is -0.389 e. The van der Waals surface area contributed by atoms with E-state index in [1.54, 1.807) is 0 Å². The van der Waals surface area contributed by atoms with Gasteiger partial charge in [-0.1, -0.05) is 32.9 Å². The van der Waals surface area contributed by atoms with Crippen molar-refractivity contribution in [2.45, 2.75) is 76.5 Å². The van der Waals surface area contributed by atoms with Crippen molar-refractivity contribution in [1.82, 2.24) is 0 Å². The van der Waals surface area contributed by atoms with Gasteiger partial charge in [-0.05, 0) is 43.3 Å². The van der Waals surface area contributed by atoms with Crippen LogP contribution in [-0.2, 0) is 4.74 Å². The highest BCUT2D eigenvalue weighted by Gasteiger charge is 2.84. The second-order valence-electron chi connectivity index (χ2n) is 9.48. The monoisotopic (exact) mass is 332 g/mol. The van der Waals surface area contributed by atoms with Crippen LogP contribution in [0.3, 0.4) is 0 Å². The minimum atomic E-state index is -1.09. The van der Waals surface area contributed by atoms with Gasteiger partial charge < -0.3 is 20.1 Å². The molecule has 4 nitrogen and oxygen atoms in total. The molecule has 0 aromatic heterocycles. The first-order valence-corrected chi connectivity index (χ1v) is 9.30. The number of fused-ring (bicyclic) bond motifs is 1. The highest BCUT2D eigenvalue weighted by atomic mass is 16.6. The van der Waals surface area contributed by atoms with Gasteiger partial charge in [-0.3, -0.25) is 0 Å². The summed E-state index contributed by atoms with van der Waals surface area (Å²) in [6.45, 7) is 8.30. The number of hydrogen-bond acceptors (Lipinski definition) is 4. The number of aliphatic hydroxyl groups is 3. The fraction of sp³-hybridized carbons (Fsp3) is 0.800. The van der Waals surface area contributed by atoms with E-state index in [4.69, 9.17) is 4.74 Å². The maximum Gasteiger partial charge on any atom is 0.126 e. The SMILES string of the molecule is CC1=CC[C@@H]2[C@@]3(C)CC[C@@]4(C)[C@H](C)[C@@H](O)C=C5[C@@]2(O[C@@H]3[C@]54O)[C@H]1O. The Bertz CT molecular complexity index is 698. The van der Waals surface area contributed by atoms with Crippen LogP contribution in [0.1, 0.15) is 47.0 Å². The van der Waals surface area contributed by atoms with E-state index in [0.29, 0.717) is 0 Å². The van der Waals surface area contributed by atoms with Crippen molar-refractivity contribution in [2.75, 3.05) is 0 Å². The molecule has 4 heteroatoms. The summed E-state index contributed by atoms with van der Waals surface area (Å²) < 4.78 is 6.58. The second-order valence-corrected chi connectivity index (χ2v) is 9.48. The lowest BCUT2D eigenvalue weighted by Crippen LogP contribution is -2.72. The third-order valence-electron chi connectivity index (χ3n) is 8.86. The summed E-state index contributed by atoms with van der Waals surface area (Å²) in [7, 11) is 0. The Kier molecular flexibility index (Phi) is 2.60. The maximum absolute atomic E-state index is 12.0. The van der Waals surface area contributed by atoms with Gasteiger partial charge in [0, 0.05) is 16.7 Å². The molecule has 2 bridgehead atoms. The Hall–Kier alpha value is -0.680. The Morgan fingerprint density at radius 1 is 1.21 bits per heavy atom. The summed E-state index contributed by atoms with van der Waals surface area (Å²) in [4.78, 5) is 0. The molecule has 5 aliphatic rings. The first-order chi connectivity index (χ1) is 11.1. The number of allylic oxidation sites excluding steroid dienone is 1. The molecule has 0 amide bonds. The predicted octanol–water partition coefficient (Wildman–Crippen LogP) is 1.94. The molecule has 0 radical (unpaired) electrons. The highest BCUT2D eigenvalue weighted by molar-refractivity contribution is 5.52. The van der Waals surface area contributed by atoms with Crippen LogP contribution < -0.4 is 0 Å². The van der Waals surface area contributed by atoms with Crippen LogP contribution in [0, 0.1) is 22.7 Å². The first kappa shape index (κ1) is 15.6. The molecule has 1 spiro atoms. The van der Waals surface area contributed by atoms with E-state index in [-0.39, 0.29) is 23.4 Å². The number of ether oxygens (including phenoxy) is 1. The third-order valence-corrected chi connectivity index (χ3v) is 8.86. The van der Waals surface area contributed by atoms with Crippen molar-refractivity contribution in [3.63, 3.8) is 0 Å². The fourth-order valence-electron chi connectivity index (χ4n) is 7.09. The van der Waals surface area contributed by atoms with E-state index in [9.17, 15) is 15.3 Å². The zero-order valence-corrected chi connectivity index (χ0v) is 14.9. The lowest BCUT2D eigenvalue weighted by Gasteiger charge is -2.65.